The van der Waals surface area contributed by atoms with Gasteiger partial charge in [0.1, 0.15) is 5.52 Å². The summed E-state index contributed by atoms with van der Waals surface area (Å²) >= 11 is 0. The van der Waals surface area contributed by atoms with Crippen molar-refractivity contribution in [3.05, 3.63) is 94.5 Å². The topological polar surface area (TPSA) is 119 Å². The molecule has 33 heavy (non-hydrogen) atoms. The summed E-state index contributed by atoms with van der Waals surface area (Å²) in [4.78, 5) is 41.2. The molecular formula is C25H20N2O6. The number of rotatable bonds is 7. The number of hydrogen-bond acceptors (Lipinski definition) is 6. The Bertz CT molecular complexity index is 1340. The number of carboxylic acid groups (broad SMARTS) is 1. The fourth-order valence-electron chi connectivity index (χ4n) is 3.53. The van der Waals surface area contributed by atoms with Gasteiger partial charge >= 0.3 is 18.1 Å². The first-order valence-corrected chi connectivity index (χ1v) is 10.2. The van der Waals surface area contributed by atoms with Gasteiger partial charge in [0.25, 0.3) is 0 Å². The Hall–Kier alpha value is -4.46. The number of nitrogens with zero attached hydrogens (tertiary/aromatic N) is 1. The van der Waals surface area contributed by atoms with Crippen molar-refractivity contribution in [1.82, 2.24) is 4.98 Å². The van der Waals surface area contributed by atoms with Crippen LogP contribution in [0.4, 0.5) is 10.8 Å². The Kier molecular flexibility index (Phi) is 6.17. The van der Waals surface area contributed by atoms with Crippen LogP contribution in [0.25, 0.3) is 11.1 Å². The van der Waals surface area contributed by atoms with Crippen LogP contribution in [0.1, 0.15) is 44.3 Å². The Morgan fingerprint density at radius 2 is 1.82 bits per heavy atom. The SMILES string of the molecule is CCOC(=O)Nc1nc2cc(C(=O)c3c(Cc4ccccc4)cccc3C(=O)O)ccc2o1. The van der Waals surface area contributed by atoms with E-state index in [9.17, 15) is 19.5 Å². The first kappa shape index (κ1) is 21.8. The Morgan fingerprint density at radius 3 is 2.55 bits per heavy atom. The standard InChI is InChI=1S/C25H20N2O6/c1-2-32-25(31)27-24-26-19-14-17(11-12-20(19)33-24)22(28)21-16(9-6-10-18(21)23(29)30)13-15-7-4-3-5-8-15/h3-12,14H,2,13H2,1H3,(H,29,30)(H,26,27,31). The van der Waals surface area contributed by atoms with E-state index in [1.54, 1.807) is 25.1 Å². The lowest BCUT2D eigenvalue weighted by Gasteiger charge is -2.12. The third-order valence-corrected chi connectivity index (χ3v) is 4.98. The molecule has 1 aromatic heterocycles. The molecule has 1 amide bonds. The van der Waals surface area contributed by atoms with Crippen LogP contribution in [0.3, 0.4) is 0 Å². The van der Waals surface area contributed by atoms with Crippen molar-refractivity contribution in [2.45, 2.75) is 13.3 Å². The fourth-order valence-corrected chi connectivity index (χ4v) is 3.53. The summed E-state index contributed by atoms with van der Waals surface area (Å²) in [5, 5.41) is 12.1. The second-order valence-corrected chi connectivity index (χ2v) is 7.18. The summed E-state index contributed by atoms with van der Waals surface area (Å²) < 4.78 is 10.3. The quantitative estimate of drug-likeness (QED) is 0.389. The van der Waals surface area contributed by atoms with Crippen LogP contribution in [-0.2, 0) is 11.2 Å². The van der Waals surface area contributed by atoms with E-state index in [-0.39, 0.29) is 29.3 Å². The van der Waals surface area contributed by atoms with Crippen LogP contribution in [0, 0.1) is 0 Å². The summed E-state index contributed by atoms with van der Waals surface area (Å²) in [6.45, 7) is 1.86. The van der Waals surface area contributed by atoms with Gasteiger partial charge < -0.3 is 14.3 Å². The molecule has 4 rings (SSSR count). The Labute approximate surface area is 188 Å². The van der Waals surface area contributed by atoms with Gasteiger partial charge in [-0.15, -0.1) is 0 Å². The number of anilines is 1. The van der Waals surface area contributed by atoms with Crippen LogP contribution in [0.2, 0.25) is 0 Å². The summed E-state index contributed by atoms with van der Waals surface area (Å²) in [5.74, 6) is -1.62. The highest BCUT2D eigenvalue weighted by atomic mass is 16.5. The summed E-state index contributed by atoms with van der Waals surface area (Å²) in [7, 11) is 0. The molecule has 0 aliphatic carbocycles. The maximum Gasteiger partial charge on any atom is 0.415 e. The maximum atomic E-state index is 13.5. The minimum Gasteiger partial charge on any atom is -0.478 e. The van der Waals surface area contributed by atoms with E-state index >= 15 is 0 Å². The zero-order chi connectivity index (χ0) is 23.4. The molecule has 3 aromatic carbocycles. The van der Waals surface area contributed by atoms with Crippen molar-refractivity contribution >= 4 is 35.0 Å². The van der Waals surface area contributed by atoms with Gasteiger partial charge in [-0.2, -0.15) is 4.98 Å². The van der Waals surface area contributed by atoms with Gasteiger partial charge in [-0.3, -0.25) is 4.79 Å². The lowest BCUT2D eigenvalue weighted by molar-refractivity contribution is 0.0692. The molecule has 4 aromatic rings. The number of ketones is 1. The number of fused-ring (bicyclic) bond motifs is 1. The van der Waals surface area contributed by atoms with Crippen LogP contribution >= 0.6 is 0 Å². The van der Waals surface area contributed by atoms with E-state index in [2.05, 4.69) is 10.3 Å². The molecule has 1 heterocycles. The number of aromatic nitrogens is 1. The van der Waals surface area contributed by atoms with E-state index in [1.807, 2.05) is 30.3 Å². The monoisotopic (exact) mass is 444 g/mol. The van der Waals surface area contributed by atoms with Gasteiger partial charge in [0.15, 0.2) is 11.4 Å². The lowest BCUT2D eigenvalue weighted by atomic mass is 9.90. The highest BCUT2D eigenvalue weighted by molar-refractivity contribution is 6.16. The number of nitrogens with one attached hydrogen (secondary N) is 1. The summed E-state index contributed by atoms with van der Waals surface area (Å²) in [6.07, 6.45) is -0.302. The predicted octanol–water partition coefficient (Wildman–Crippen LogP) is 4.92. The van der Waals surface area contributed by atoms with Crippen LogP contribution < -0.4 is 5.32 Å². The van der Waals surface area contributed by atoms with Gasteiger partial charge in [0.2, 0.25) is 0 Å². The van der Waals surface area contributed by atoms with Gasteiger partial charge in [0.05, 0.1) is 12.2 Å². The third-order valence-electron chi connectivity index (χ3n) is 4.98. The fraction of sp³-hybridized carbons (Fsp3) is 0.120. The summed E-state index contributed by atoms with van der Waals surface area (Å²) in [5.41, 5.74) is 2.56. The molecule has 0 unspecified atom stereocenters. The van der Waals surface area contributed by atoms with Gasteiger partial charge in [-0.1, -0.05) is 42.5 Å². The molecule has 0 atom stereocenters. The Morgan fingerprint density at radius 1 is 1.03 bits per heavy atom. The number of carbonyl (C=O) groups excluding carboxylic acids is 2. The zero-order valence-electron chi connectivity index (χ0n) is 17.7. The van der Waals surface area contributed by atoms with Crippen molar-refractivity contribution in [2.75, 3.05) is 11.9 Å². The molecule has 0 saturated heterocycles. The van der Waals surface area contributed by atoms with Crippen molar-refractivity contribution in [2.24, 2.45) is 0 Å². The molecule has 8 heteroatoms. The molecule has 2 N–H and O–H groups in total. The number of amides is 1. The largest absolute Gasteiger partial charge is 0.478 e. The highest BCUT2D eigenvalue weighted by Crippen LogP contribution is 2.26. The second-order valence-electron chi connectivity index (χ2n) is 7.18. The molecule has 0 aliphatic rings. The van der Waals surface area contributed by atoms with E-state index in [0.29, 0.717) is 23.1 Å². The third kappa shape index (κ3) is 4.74. The van der Waals surface area contributed by atoms with E-state index in [4.69, 9.17) is 9.15 Å². The van der Waals surface area contributed by atoms with E-state index in [1.165, 1.54) is 18.2 Å². The van der Waals surface area contributed by atoms with Crippen molar-refractivity contribution in [3.63, 3.8) is 0 Å². The van der Waals surface area contributed by atoms with E-state index in [0.717, 1.165) is 5.56 Å². The second kappa shape index (κ2) is 9.35. The molecule has 0 aliphatic heterocycles. The number of benzene rings is 3. The van der Waals surface area contributed by atoms with E-state index < -0.39 is 17.8 Å². The number of oxazole rings is 1. The van der Waals surface area contributed by atoms with Crippen molar-refractivity contribution in [1.29, 1.82) is 0 Å². The van der Waals surface area contributed by atoms with Gasteiger partial charge in [-0.05, 0) is 48.7 Å². The summed E-state index contributed by atoms with van der Waals surface area (Å²) in [6, 6.07) is 18.8. The molecule has 0 fully saturated rings. The van der Waals surface area contributed by atoms with Crippen LogP contribution in [-0.4, -0.2) is 34.5 Å². The smallest absolute Gasteiger partial charge is 0.415 e. The number of carbonyl (C=O) groups is 3. The molecule has 0 saturated carbocycles. The van der Waals surface area contributed by atoms with Crippen molar-refractivity contribution < 1.29 is 28.6 Å². The number of carboxylic acids is 1. The predicted molar refractivity (Wildman–Crippen MR) is 121 cm³/mol. The van der Waals surface area contributed by atoms with Gasteiger partial charge in [0, 0.05) is 11.1 Å². The minimum absolute atomic E-state index is 0.0660. The van der Waals surface area contributed by atoms with Crippen molar-refractivity contribution in [3.8, 4) is 0 Å². The molecule has 166 valence electrons. The van der Waals surface area contributed by atoms with Crippen LogP contribution in [0.15, 0.2) is 71.1 Å². The molecule has 8 nitrogen and oxygen atoms in total. The first-order valence-electron chi connectivity index (χ1n) is 10.2. The molecule has 0 spiro atoms. The Balaban J connectivity index is 1.72. The average Bonchev–Trinajstić information content (AvgIpc) is 3.20. The molecule has 0 bridgehead atoms. The zero-order valence-corrected chi connectivity index (χ0v) is 17.7. The highest BCUT2D eigenvalue weighted by Gasteiger charge is 2.23. The number of hydrogen-bond donors (Lipinski definition) is 2. The minimum atomic E-state index is -1.18. The average molecular weight is 444 g/mol. The molecular weight excluding hydrogens is 424 g/mol. The normalized spacial score (nSPS) is 10.7. The number of aromatic carboxylic acids is 1. The first-order chi connectivity index (χ1) is 16.0. The maximum absolute atomic E-state index is 13.5. The number of ether oxygens (including phenoxy) is 1. The lowest BCUT2D eigenvalue weighted by Crippen LogP contribution is -2.13. The molecule has 0 radical (unpaired) electrons. The van der Waals surface area contributed by atoms with Crippen LogP contribution in [0.5, 0.6) is 0 Å². The van der Waals surface area contributed by atoms with Gasteiger partial charge in [-0.25, -0.2) is 14.9 Å².